The molecule has 0 bridgehead atoms. The summed E-state index contributed by atoms with van der Waals surface area (Å²) in [7, 11) is 0. The van der Waals surface area contributed by atoms with Gasteiger partial charge in [0.15, 0.2) is 0 Å². The quantitative estimate of drug-likeness (QED) is 0.105. The van der Waals surface area contributed by atoms with Crippen LogP contribution in [0.15, 0.2) is 228 Å². The minimum atomic E-state index is -0.374. The maximum Gasteiger partial charge on any atom is 0.135 e. The van der Waals surface area contributed by atoms with E-state index in [9.17, 15) is 0 Å². The lowest BCUT2D eigenvalue weighted by Crippen LogP contribution is -2.21. The van der Waals surface area contributed by atoms with Gasteiger partial charge in [-0.2, -0.15) is 0 Å². The van der Waals surface area contributed by atoms with Crippen LogP contribution >= 0.6 is 11.3 Å². The number of nitrogens with zero attached hydrogens (tertiary/aromatic N) is 2. The van der Waals surface area contributed by atoms with Crippen molar-refractivity contribution in [2.45, 2.75) is 32.7 Å². The van der Waals surface area contributed by atoms with Crippen molar-refractivity contribution in [3.05, 3.63) is 235 Å². The first kappa shape index (κ1) is 41.2. The minimum absolute atomic E-state index is 0.00964. The lowest BCUT2D eigenvalue weighted by Gasteiger charge is -2.26. The van der Waals surface area contributed by atoms with Crippen LogP contribution in [0.2, 0.25) is 0 Å². The molecule has 69 heavy (non-hydrogen) atoms. The van der Waals surface area contributed by atoms with E-state index in [1.54, 1.807) is 0 Å². The summed E-state index contributed by atoms with van der Waals surface area (Å²) >= 11 is 1.87. The molecule has 3 atom stereocenters. The van der Waals surface area contributed by atoms with Gasteiger partial charge >= 0.3 is 0 Å². The van der Waals surface area contributed by atoms with Crippen molar-refractivity contribution < 1.29 is 4.42 Å². The number of hydrogen-bond donors (Lipinski definition) is 0. The van der Waals surface area contributed by atoms with E-state index in [2.05, 4.69) is 226 Å². The third kappa shape index (κ3) is 6.81. The van der Waals surface area contributed by atoms with Gasteiger partial charge in [-0.1, -0.05) is 172 Å². The largest absolute Gasteiger partial charge is 0.456 e. The van der Waals surface area contributed by atoms with Crippen LogP contribution in [0.1, 0.15) is 49.4 Å². The smallest absolute Gasteiger partial charge is 0.135 e. The first-order valence-electron chi connectivity index (χ1n) is 24.0. The van der Waals surface area contributed by atoms with Crippen molar-refractivity contribution in [3.8, 4) is 16.8 Å². The average Bonchev–Trinajstić information content (AvgIpc) is 4.06. The zero-order valence-corrected chi connectivity index (χ0v) is 39.6. The molecule has 0 saturated heterocycles. The van der Waals surface area contributed by atoms with Gasteiger partial charge in [0.1, 0.15) is 11.2 Å². The van der Waals surface area contributed by atoms with Crippen LogP contribution in [-0.4, -0.2) is 10.3 Å². The molecule has 0 N–H and O–H groups in total. The van der Waals surface area contributed by atoms with Gasteiger partial charge in [0.2, 0.25) is 0 Å². The van der Waals surface area contributed by atoms with Gasteiger partial charge < -0.3 is 8.98 Å². The van der Waals surface area contributed by atoms with Crippen molar-refractivity contribution in [1.29, 1.82) is 0 Å². The van der Waals surface area contributed by atoms with Crippen LogP contribution in [0.25, 0.3) is 102 Å². The molecule has 0 fully saturated rings. The summed E-state index contributed by atoms with van der Waals surface area (Å²) in [5, 5.41) is 12.2. The van der Waals surface area contributed by atoms with E-state index < -0.39 is 0 Å². The molecule has 0 radical (unpaired) electrons. The Hall–Kier alpha value is -8.05. The number of aromatic nitrogens is 1. The summed E-state index contributed by atoms with van der Waals surface area (Å²) in [5.41, 5.74) is 13.2. The topological polar surface area (TPSA) is 30.4 Å². The van der Waals surface area contributed by atoms with Crippen LogP contribution in [0.3, 0.4) is 0 Å². The predicted molar refractivity (Wildman–Crippen MR) is 296 cm³/mol. The Bertz CT molecular complexity index is 4220. The molecule has 10 aromatic carbocycles. The Morgan fingerprint density at radius 2 is 1.14 bits per heavy atom. The van der Waals surface area contributed by atoms with Gasteiger partial charge in [0, 0.05) is 59.0 Å². The zero-order chi connectivity index (χ0) is 46.3. The summed E-state index contributed by atoms with van der Waals surface area (Å²) in [4.78, 5) is 6.10. The van der Waals surface area contributed by atoms with E-state index in [0.29, 0.717) is 0 Å². The molecular weight excluding hydrogens is 857 g/mol. The molecule has 330 valence electrons. The normalized spacial score (nSPS) is 13.7. The highest BCUT2D eigenvalue weighted by Gasteiger charge is 2.28. The lowest BCUT2D eigenvalue weighted by atomic mass is 9.81. The van der Waals surface area contributed by atoms with Gasteiger partial charge in [-0.3, -0.25) is 4.99 Å². The fourth-order valence-electron chi connectivity index (χ4n) is 11.1. The first-order valence-corrected chi connectivity index (χ1v) is 24.8. The number of hydrogen-bond acceptors (Lipinski definition) is 3. The Labute approximate surface area is 404 Å². The number of thiophene rings is 1. The van der Waals surface area contributed by atoms with Crippen LogP contribution in [-0.2, 0) is 0 Å². The Balaban J connectivity index is 1.08. The van der Waals surface area contributed by atoms with Gasteiger partial charge in [0.25, 0.3) is 0 Å². The van der Waals surface area contributed by atoms with Crippen LogP contribution in [0.5, 0.6) is 0 Å². The second-order valence-corrected chi connectivity index (χ2v) is 20.0. The minimum Gasteiger partial charge on any atom is -0.456 e. The Morgan fingerprint density at radius 1 is 0.507 bits per heavy atom. The number of fused-ring (bicyclic) bond motifs is 11. The van der Waals surface area contributed by atoms with E-state index >= 15 is 0 Å². The Morgan fingerprint density at radius 3 is 1.93 bits per heavy atom. The van der Waals surface area contributed by atoms with E-state index in [1.165, 1.54) is 80.0 Å². The Kier molecular flexibility index (Phi) is 9.74. The lowest BCUT2D eigenvalue weighted by molar-refractivity contribution is 0.621. The number of para-hydroxylation sites is 2. The fraction of sp³-hybridized carbons (Fsp3) is 0.0923. The molecule has 4 heteroatoms. The molecule has 0 aliphatic heterocycles. The molecule has 3 aromatic heterocycles. The average molecular weight is 905 g/mol. The van der Waals surface area contributed by atoms with Crippen molar-refractivity contribution >= 4 is 103 Å². The molecule has 13 rings (SSSR count). The number of benzene rings is 10. The number of aliphatic imine (C=N–C) groups is 1. The molecular formula is C65H48N2OS. The van der Waals surface area contributed by atoms with Crippen molar-refractivity contribution in [2.75, 3.05) is 0 Å². The summed E-state index contributed by atoms with van der Waals surface area (Å²) < 4.78 is 11.4. The molecule has 0 aliphatic carbocycles. The maximum absolute atomic E-state index is 6.46. The molecule has 0 saturated carbocycles. The fourth-order valence-corrected chi connectivity index (χ4v) is 12.3. The molecule has 0 spiro atoms. The second-order valence-electron chi connectivity index (χ2n) is 18.9. The monoisotopic (exact) mass is 904 g/mol. The number of rotatable bonds is 9. The third-order valence-electron chi connectivity index (χ3n) is 14.7. The SMILES string of the molecule is C=C(C)C(/N=C(/c1cccc(-c2ccccc2)c1)[C@@H](C)C(C)c1cccc2oc3ccccc3c12)c1cc(-n2c3ccccc3c3cc4ccccc4cc32)cc2sc3cc4ccccc4cc3c12. The van der Waals surface area contributed by atoms with Crippen molar-refractivity contribution in [1.82, 2.24) is 4.57 Å². The van der Waals surface area contributed by atoms with Gasteiger partial charge in [0.05, 0.1) is 17.1 Å². The van der Waals surface area contributed by atoms with Crippen LogP contribution in [0.4, 0.5) is 0 Å². The zero-order valence-electron chi connectivity index (χ0n) is 38.8. The van der Waals surface area contributed by atoms with E-state index in [4.69, 9.17) is 16.0 Å². The molecule has 2 unspecified atom stereocenters. The third-order valence-corrected chi connectivity index (χ3v) is 15.8. The molecule has 3 heterocycles. The highest BCUT2D eigenvalue weighted by atomic mass is 32.1. The second kappa shape index (κ2) is 16.3. The summed E-state index contributed by atoms with van der Waals surface area (Å²) in [6.45, 7) is 11.7. The standard InChI is InChI=1S/C65H48N2OS/c1-39(2)64(66-65(48-25-16-24-43(32-48)42-18-6-5-7-19-42)41(4)40(3)50-28-17-31-59-62(50)52-27-13-15-30-58(52)68-59)55-37-49(38-61-63(55)54-34-45-21-9-11-23-47(45)36-60(54)69-61)67-56-29-14-12-26-51(56)53-33-44-20-8-10-22-46(44)35-57(53)67/h5-38,40-41,64H,1H2,2-4H3/b66-65+/t40?,41-,64?/m0/s1. The maximum atomic E-state index is 6.46. The van der Waals surface area contributed by atoms with Crippen LogP contribution < -0.4 is 0 Å². The molecule has 0 aliphatic rings. The predicted octanol–water partition coefficient (Wildman–Crippen LogP) is 18.6. The van der Waals surface area contributed by atoms with E-state index in [-0.39, 0.29) is 17.9 Å². The van der Waals surface area contributed by atoms with Gasteiger partial charge in [-0.05, 0) is 123 Å². The molecule has 13 aromatic rings. The van der Waals surface area contributed by atoms with Gasteiger partial charge in [-0.25, -0.2) is 0 Å². The van der Waals surface area contributed by atoms with Gasteiger partial charge in [-0.15, -0.1) is 11.3 Å². The summed E-state index contributed by atoms with van der Waals surface area (Å²) in [6, 6.07) is 74.8. The number of furan rings is 1. The highest BCUT2D eigenvalue weighted by molar-refractivity contribution is 7.26. The van der Waals surface area contributed by atoms with E-state index in [1.807, 2.05) is 17.4 Å². The van der Waals surface area contributed by atoms with Crippen LogP contribution in [0, 0.1) is 5.92 Å². The first-order chi connectivity index (χ1) is 33.9. The molecule has 3 nitrogen and oxygen atoms in total. The summed E-state index contributed by atoms with van der Waals surface area (Å²) in [6.07, 6.45) is 0. The summed E-state index contributed by atoms with van der Waals surface area (Å²) in [5.74, 6) is 0.0660. The van der Waals surface area contributed by atoms with Crippen molar-refractivity contribution in [3.63, 3.8) is 0 Å². The van der Waals surface area contributed by atoms with Crippen molar-refractivity contribution in [2.24, 2.45) is 10.9 Å². The molecule has 0 amide bonds. The highest BCUT2D eigenvalue weighted by Crippen LogP contribution is 2.46. The van der Waals surface area contributed by atoms with E-state index in [0.717, 1.165) is 50.2 Å².